The van der Waals surface area contributed by atoms with E-state index < -0.39 is 5.54 Å². The maximum atomic E-state index is 14.3. The van der Waals surface area contributed by atoms with Crippen LogP contribution in [0.2, 0.25) is 0 Å². The zero-order valence-electron chi connectivity index (χ0n) is 13.1. The molecule has 0 spiro atoms. The van der Waals surface area contributed by atoms with Gasteiger partial charge in [0.25, 0.3) is 0 Å². The zero-order chi connectivity index (χ0) is 15.6. The molecule has 1 aliphatic heterocycles. The summed E-state index contributed by atoms with van der Waals surface area (Å²) in [6, 6.07) is 5.64. The van der Waals surface area contributed by atoms with Crippen LogP contribution < -0.4 is 11.1 Å². The van der Waals surface area contributed by atoms with E-state index in [2.05, 4.69) is 10.3 Å². The van der Waals surface area contributed by atoms with Gasteiger partial charge in [-0.15, -0.1) is 0 Å². The molecule has 3 N–H and O–H groups in total. The topological polar surface area (TPSA) is 59.6 Å². The molecule has 4 nitrogen and oxygen atoms in total. The number of halogens is 1. The summed E-state index contributed by atoms with van der Waals surface area (Å²) in [6.45, 7) is 2.52. The number of nitrogens with one attached hydrogen (secondary N) is 1. The molecule has 1 aromatic rings. The third kappa shape index (κ3) is 3.24. The SMILES string of the molecule is C[C@@]1(c2cc(NC3CCCCC3)ccc2F)COCC(N)=N1. The number of hydrogen-bond acceptors (Lipinski definition) is 4. The molecule has 0 aromatic heterocycles. The van der Waals surface area contributed by atoms with Gasteiger partial charge >= 0.3 is 0 Å². The van der Waals surface area contributed by atoms with Crippen LogP contribution in [0.4, 0.5) is 10.1 Å². The third-order valence-electron chi connectivity index (χ3n) is 4.55. The van der Waals surface area contributed by atoms with Crippen molar-refractivity contribution < 1.29 is 9.13 Å². The highest BCUT2D eigenvalue weighted by molar-refractivity contribution is 5.82. The Morgan fingerprint density at radius 1 is 1.32 bits per heavy atom. The van der Waals surface area contributed by atoms with Crippen LogP contribution in [0.25, 0.3) is 0 Å². The zero-order valence-corrected chi connectivity index (χ0v) is 13.1. The number of aliphatic imine (C=N–C) groups is 1. The summed E-state index contributed by atoms with van der Waals surface area (Å²) >= 11 is 0. The minimum atomic E-state index is -0.753. The van der Waals surface area contributed by atoms with Crippen molar-refractivity contribution in [3.63, 3.8) is 0 Å². The summed E-state index contributed by atoms with van der Waals surface area (Å²) in [4.78, 5) is 4.43. The summed E-state index contributed by atoms with van der Waals surface area (Å²) in [5.74, 6) is 0.150. The van der Waals surface area contributed by atoms with Crippen LogP contribution in [0.15, 0.2) is 23.2 Å². The lowest BCUT2D eigenvalue weighted by Gasteiger charge is -2.31. The van der Waals surface area contributed by atoms with Crippen molar-refractivity contribution in [2.75, 3.05) is 18.5 Å². The quantitative estimate of drug-likeness (QED) is 0.901. The average molecular weight is 305 g/mol. The summed E-state index contributed by atoms with van der Waals surface area (Å²) in [5.41, 5.74) is 6.50. The van der Waals surface area contributed by atoms with Gasteiger partial charge in [0.1, 0.15) is 23.8 Å². The summed E-state index contributed by atoms with van der Waals surface area (Å²) in [5, 5.41) is 3.53. The number of ether oxygens (including phenoxy) is 1. The van der Waals surface area contributed by atoms with E-state index in [-0.39, 0.29) is 5.82 Å². The van der Waals surface area contributed by atoms with Gasteiger partial charge in [0, 0.05) is 17.3 Å². The Morgan fingerprint density at radius 2 is 2.09 bits per heavy atom. The standard InChI is InChI=1S/C17H24FN3O/c1-17(11-22-10-16(19)21-17)14-9-13(7-8-15(14)18)20-12-5-3-2-4-6-12/h7-9,12,20H,2-6,10-11H2,1H3,(H2,19,21)/t17-/m0/s1. The first kappa shape index (κ1) is 15.3. The second kappa shape index (κ2) is 6.24. The molecule has 0 bridgehead atoms. The summed E-state index contributed by atoms with van der Waals surface area (Å²) in [6.07, 6.45) is 6.20. The fourth-order valence-electron chi connectivity index (χ4n) is 3.38. The predicted octanol–water partition coefficient (Wildman–Crippen LogP) is 3.17. The maximum absolute atomic E-state index is 14.3. The first-order valence-electron chi connectivity index (χ1n) is 8.05. The van der Waals surface area contributed by atoms with Crippen molar-refractivity contribution in [1.82, 2.24) is 0 Å². The highest BCUT2D eigenvalue weighted by atomic mass is 19.1. The Hall–Kier alpha value is -1.62. The summed E-state index contributed by atoms with van der Waals surface area (Å²) < 4.78 is 19.8. The lowest BCUT2D eigenvalue weighted by molar-refractivity contribution is 0.104. The molecule has 22 heavy (non-hydrogen) atoms. The van der Waals surface area contributed by atoms with Crippen LogP contribution >= 0.6 is 0 Å². The van der Waals surface area contributed by atoms with E-state index in [1.807, 2.05) is 13.0 Å². The van der Waals surface area contributed by atoms with Crippen molar-refractivity contribution in [3.05, 3.63) is 29.6 Å². The molecule has 0 unspecified atom stereocenters. The fourth-order valence-corrected chi connectivity index (χ4v) is 3.38. The number of hydrogen-bond donors (Lipinski definition) is 2. The fraction of sp³-hybridized carbons (Fsp3) is 0.588. The van der Waals surface area contributed by atoms with Gasteiger partial charge in [-0.25, -0.2) is 4.39 Å². The molecular formula is C17H24FN3O. The van der Waals surface area contributed by atoms with E-state index in [1.54, 1.807) is 6.07 Å². The summed E-state index contributed by atoms with van der Waals surface area (Å²) in [7, 11) is 0. The van der Waals surface area contributed by atoms with E-state index in [1.165, 1.54) is 38.2 Å². The molecule has 1 aliphatic carbocycles. The van der Waals surface area contributed by atoms with E-state index in [0.29, 0.717) is 30.7 Å². The number of anilines is 1. The molecule has 120 valence electrons. The van der Waals surface area contributed by atoms with Gasteiger partial charge in [-0.2, -0.15) is 0 Å². The third-order valence-corrected chi connectivity index (χ3v) is 4.55. The van der Waals surface area contributed by atoms with Gasteiger partial charge in [-0.05, 0) is 38.0 Å². The average Bonchev–Trinajstić information content (AvgIpc) is 2.50. The lowest BCUT2D eigenvalue weighted by Crippen LogP contribution is -2.38. The van der Waals surface area contributed by atoms with Gasteiger partial charge in [0.15, 0.2) is 0 Å². The highest BCUT2D eigenvalue weighted by Crippen LogP contribution is 2.33. The number of amidine groups is 1. The van der Waals surface area contributed by atoms with Crippen molar-refractivity contribution in [2.45, 2.75) is 50.6 Å². The normalized spacial score (nSPS) is 26.5. The Balaban J connectivity index is 1.85. The molecule has 0 saturated heterocycles. The van der Waals surface area contributed by atoms with Gasteiger partial charge in [0.2, 0.25) is 0 Å². The van der Waals surface area contributed by atoms with E-state index in [9.17, 15) is 4.39 Å². The van der Waals surface area contributed by atoms with Crippen molar-refractivity contribution >= 4 is 11.5 Å². The van der Waals surface area contributed by atoms with E-state index >= 15 is 0 Å². The first-order valence-corrected chi connectivity index (χ1v) is 8.05. The lowest BCUT2D eigenvalue weighted by atomic mass is 9.91. The second-order valence-electron chi connectivity index (χ2n) is 6.54. The van der Waals surface area contributed by atoms with E-state index in [0.717, 1.165) is 5.69 Å². The molecule has 1 saturated carbocycles. The minimum Gasteiger partial charge on any atom is -0.386 e. The predicted molar refractivity (Wildman–Crippen MR) is 86.7 cm³/mol. The molecule has 3 rings (SSSR count). The molecule has 0 amide bonds. The van der Waals surface area contributed by atoms with Crippen molar-refractivity contribution in [2.24, 2.45) is 10.7 Å². The van der Waals surface area contributed by atoms with Gasteiger partial charge < -0.3 is 15.8 Å². The Kier molecular flexibility index (Phi) is 4.34. The minimum absolute atomic E-state index is 0.265. The van der Waals surface area contributed by atoms with Crippen LogP contribution in [0, 0.1) is 5.82 Å². The Morgan fingerprint density at radius 3 is 2.82 bits per heavy atom. The molecule has 2 aliphatic rings. The smallest absolute Gasteiger partial charge is 0.129 e. The molecule has 1 atom stereocenters. The van der Waals surface area contributed by atoms with Crippen LogP contribution in [0.3, 0.4) is 0 Å². The molecule has 1 aromatic carbocycles. The second-order valence-corrected chi connectivity index (χ2v) is 6.54. The number of nitrogens with two attached hydrogens (primary N) is 1. The molecular weight excluding hydrogens is 281 g/mol. The van der Waals surface area contributed by atoms with Crippen molar-refractivity contribution in [3.8, 4) is 0 Å². The Bertz CT molecular complexity index is 569. The van der Waals surface area contributed by atoms with Gasteiger partial charge in [0.05, 0.1) is 6.61 Å². The van der Waals surface area contributed by atoms with Crippen LogP contribution in [-0.4, -0.2) is 25.1 Å². The number of benzene rings is 1. The van der Waals surface area contributed by atoms with Crippen LogP contribution in [0.1, 0.15) is 44.6 Å². The molecule has 1 heterocycles. The highest BCUT2D eigenvalue weighted by Gasteiger charge is 2.33. The molecule has 5 heteroatoms. The molecule has 1 fully saturated rings. The first-order chi connectivity index (χ1) is 10.6. The Labute approximate surface area is 130 Å². The monoisotopic (exact) mass is 305 g/mol. The number of nitrogens with zero attached hydrogens (tertiary/aromatic N) is 1. The van der Waals surface area contributed by atoms with Crippen LogP contribution in [0.5, 0.6) is 0 Å². The molecule has 0 radical (unpaired) electrons. The van der Waals surface area contributed by atoms with Gasteiger partial charge in [-0.3, -0.25) is 4.99 Å². The maximum Gasteiger partial charge on any atom is 0.129 e. The number of rotatable bonds is 3. The van der Waals surface area contributed by atoms with Gasteiger partial charge in [-0.1, -0.05) is 19.3 Å². The van der Waals surface area contributed by atoms with E-state index in [4.69, 9.17) is 10.5 Å². The van der Waals surface area contributed by atoms with Crippen molar-refractivity contribution in [1.29, 1.82) is 0 Å². The van der Waals surface area contributed by atoms with Crippen LogP contribution in [-0.2, 0) is 10.3 Å². The largest absolute Gasteiger partial charge is 0.386 e.